The maximum absolute atomic E-state index is 12.4. The van der Waals surface area contributed by atoms with E-state index in [9.17, 15) is 4.79 Å². The van der Waals surface area contributed by atoms with Gasteiger partial charge in [-0.05, 0) is 16.7 Å². The summed E-state index contributed by atoms with van der Waals surface area (Å²) in [7, 11) is 0. The van der Waals surface area contributed by atoms with E-state index in [2.05, 4.69) is 24.3 Å². The summed E-state index contributed by atoms with van der Waals surface area (Å²) in [5, 5.41) is 0. The zero-order valence-corrected chi connectivity index (χ0v) is 15.3. The van der Waals surface area contributed by atoms with Crippen LogP contribution in [0.25, 0.3) is 0 Å². The third kappa shape index (κ3) is 4.29. The van der Waals surface area contributed by atoms with Crippen LogP contribution in [0.4, 0.5) is 0 Å². The Balaban J connectivity index is 1.29. The van der Waals surface area contributed by atoms with Crippen LogP contribution in [0, 0.1) is 0 Å². The van der Waals surface area contributed by atoms with Crippen LogP contribution in [0.5, 0.6) is 5.75 Å². The Kier molecular flexibility index (Phi) is 5.35. The Morgan fingerprint density at radius 1 is 0.889 bits per heavy atom. The zero-order valence-electron chi connectivity index (χ0n) is 15.3. The van der Waals surface area contributed by atoms with Crippen LogP contribution < -0.4 is 10.3 Å². The molecule has 2 aromatic carbocycles. The van der Waals surface area contributed by atoms with Crippen LogP contribution in [-0.4, -0.2) is 17.8 Å². The molecule has 4 nitrogen and oxygen atoms in total. The van der Waals surface area contributed by atoms with Gasteiger partial charge in [-0.25, -0.2) is 0 Å². The first kappa shape index (κ1) is 17.6. The molecule has 0 fully saturated rings. The van der Waals surface area contributed by atoms with Crippen molar-refractivity contribution >= 4 is 0 Å². The molecule has 4 heteroatoms. The van der Waals surface area contributed by atoms with Crippen molar-refractivity contribution in [3.05, 3.63) is 99.5 Å². The van der Waals surface area contributed by atoms with E-state index in [-0.39, 0.29) is 5.56 Å². The molecule has 1 aliphatic heterocycles. The lowest BCUT2D eigenvalue weighted by Gasteiger charge is -2.22. The van der Waals surface area contributed by atoms with E-state index < -0.39 is 0 Å². The maximum Gasteiger partial charge on any atom is 0.254 e. The van der Waals surface area contributed by atoms with Gasteiger partial charge in [0, 0.05) is 30.7 Å². The summed E-state index contributed by atoms with van der Waals surface area (Å²) in [5.74, 6) is 0.647. The van der Waals surface area contributed by atoms with Gasteiger partial charge in [-0.3, -0.25) is 4.79 Å². The average molecular weight is 361 g/mol. The minimum absolute atomic E-state index is 0.00247. The fraction of sp³-hybridized carbons (Fsp3) is 0.261. The van der Waals surface area contributed by atoms with Gasteiger partial charge in [-0.15, -0.1) is 0 Å². The molecule has 138 valence electrons. The van der Waals surface area contributed by atoms with E-state index in [0.717, 1.165) is 18.5 Å². The molecule has 4 rings (SSSR count). The first-order valence-corrected chi connectivity index (χ1v) is 9.34. The number of hydrogen-bond donors (Lipinski definition) is 0. The van der Waals surface area contributed by atoms with E-state index in [1.165, 1.54) is 16.7 Å². The van der Waals surface area contributed by atoms with Gasteiger partial charge in [-0.1, -0.05) is 54.6 Å². The number of benzene rings is 2. The predicted molar refractivity (Wildman–Crippen MR) is 105 cm³/mol. The van der Waals surface area contributed by atoms with E-state index in [0.29, 0.717) is 32.1 Å². The number of nitrogens with zero attached hydrogens (tertiary/aromatic N) is 1. The van der Waals surface area contributed by atoms with Gasteiger partial charge in [0.15, 0.2) is 0 Å². The van der Waals surface area contributed by atoms with Gasteiger partial charge in [0.2, 0.25) is 0 Å². The molecular formula is C23H23NO3. The topological polar surface area (TPSA) is 40.5 Å². The van der Waals surface area contributed by atoms with E-state index in [1.54, 1.807) is 6.07 Å². The minimum atomic E-state index is -0.00247. The van der Waals surface area contributed by atoms with Crippen molar-refractivity contribution < 1.29 is 9.47 Å². The van der Waals surface area contributed by atoms with Crippen molar-refractivity contribution in [2.45, 2.75) is 26.0 Å². The number of pyridine rings is 1. The van der Waals surface area contributed by atoms with Gasteiger partial charge < -0.3 is 14.0 Å². The second-order valence-electron chi connectivity index (χ2n) is 6.79. The summed E-state index contributed by atoms with van der Waals surface area (Å²) in [5.41, 5.74) is 4.68. The maximum atomic E-state index is 12.4. The van der Waals surface area contributed by atoms with Crippen LogP contribution in [0.2, 0.25) is 0 Å². The second-order valence-corrected chi connectivity index (χ2v) is 6.79. The van der Waals surface area contributed by atoms with Gasteiger partial charge in [0.05, 0.1) is 26.4 Å². The Labute approximate surface area is 159 Å². The number of aromatic nitrogens is 1. The standard InChI is InChI=1S/C23H23NO3/c25-23-15-22(27-12-6-11-26-17-18-7-2-1-3-8-18)14-21-13-19-9-4-5-10-20(19)16-24(21)23/h1-5,7-10,14-15H,6,11-13,16-17H2. The lowest BCUT2D eigenvalue weighted by molar-refractivity contribution is 0.107. The third-order valence-electron chi connectivity index (χ3n) is 4.82. The Hall–Kier alpha value is -2.85. The molecule has 1 aliphatic rings. The SMILES string of the molecule is O=c1cc(OCCCOCc2ccccc2)cc2n1Cc1ccccc1C2. The van der Waals surface area contributed by atoms with Gasteiger partial charge in [0.25, 0.3) is 5.56 Å². The van der Waals surface area contributed by atoms with Crippen molar-refractivity contribution in [1.29, 1.82) is 0 Å². The highest BCUT2D eigenvalue weighted by atomic mass is 16.5. The molecule has 0 radical (unpaired) electrons. The molecule has 0 saturated heterocycles. The molecule has 0 amide bonds. The molecule has 3 aromatic rings. The molecule has 1 aromatic heterocycles. The van der Waals surface area contributed by atoms with Crippen molar-refractivity contribution in [3.8, 4) is 5.75 Å². The van der Waals surface area contributed by atoms with Crippen molar-refractivity contribution in [2.75, 3.05) is 13.2 Å². The molecule has 2 heterocycles. The summed E-state index contributed by atoms with van der Waals surface area (Å²) in [6.07, 6.45) is 1.55. The van der Waals surface area contributed by atoms with Crippen LogP contribution in [0.15, 0.2) is 71.5 Å². The van der Waals surface area contributed by atoms with Crippen LogP contribution in [0.3, 0.4) is 0 Å². The van der Waals surface area contributed by atoms with Crippen LogP contribution in [0.1, 0.15) is 28.8 Å². The fourth-order valence-electron chi connectivity index (χ4n) is 3.40. The normalized spacial score (nSPS) is 12.3. The zero-order chi connectivity index (χ0) is 18.5. The molecule has 0 N–H and O–H groups in total. The monoisotopic (exact) mass is 361 g/mol. The molecule has 0 saturated carbocycles. The molecule has 0 spiro atoms. The van der Waals surface area contributed by atoms with E-state index >= 15 is 0 Å². The summed E-state index contributed by atoms with van der Waals surface area (Å²) in [4.78, 5) is 12.4. The highest BCUT2D eigenvalue weighted by Gasteiger charge is 2.16. The van der Waals surface area contributed by atoms with Crippen molar-refractivity contribution in [3.63, 3.8) is 0 Å². The summed E-state index contributed by atoms with van der Waals surface area (Å²) in [6, 6.07) is 22.0. The smallest absolute Gasteiger partial charge is 0.254 e. The molecule has 0 aliphatic carbocycles. The van der Waals surface area contributed by atoms with Crippen LogP contribution in [-0.2, 0) is 24.3 Å². The predicted octanol–water partition coefficient (Wildman–Crippen LogP) is 3.79. The van der Waals surface area contributed by atoms with Gasteiger partial charge in [0.1, 0.15) is 5.75 Å². The lowest BCUT2D eigenvalue weighted by atomic mass is 9.98. The van der Waals surface area contributed by atoms with Gasteiger partial charge in [-0.2, -0.15) is 0 Å². The third-order valence-corrected chi connectivity index (χ3v) is 4.82. The minimum Gasteiger partial charge on any atom is -0.493 e. The van der Waals surface area contributed by atoms with Crippen molar-refractivity contribution in [2.24, 2.45) is 0 Å². The fourth-order valence-corrected chi connectivity index (χ4v) is 3.40. The Morgan fingerprint density at radius 3 is 2.52 bits per heavy atom. The Bertz CT molecular complexity index is 963. The first-order chi connectivity index (χ1) is 13.3. The van der Waals surface area contributed by atoms with Gasteiger partial charge >= 0.3 is 0 Å². The average Bonchev–Trinajstić information content (AvgIpc) is 2.70. The Morgan fingerprint density at radius 2 is 1.67 bits per heavy atom. The highest BCUT2D eigenvalue weighted by Crippen LogP contribution is 2.23. The van der Waals surface area contributed by atoms with Crippen LogP contribution >= 0.6 is 0 Å². The number of fused-ring (bicyclic) bond motifs is 2. The summed E-state index contributed by atoms with van der Waals surface area (Å²) in [6.45, 7) is 2.42. The molecule has 0 atom stereocenters. The first-order valence-electron chi connectivity index (χ1n) is 9.34. The van der Waals surface area contributed by atoms with E-state index in [4.69, 9.17) is 9.47 Å². The molecule has 27 heavy (non-hydrogen) atoms. The quantitative estimate of drug-likeness (QED) is 0.470. The highest BCUT2D eigenvalue weighted by molar-refractivity contribution is 5.37. The summed E-state index contributed by atoms with van der Waals surface area (Å²) >= 11 is 0. The number of ether oxygens (including phenoxy) is 2. The largest absolute Gasteiger partial charge is 0.493 e. The molecule has 0 bridgehead atoms. The number of rotatable bonds is 7. The number of hydrogen-bond acceptors (Lipinski definition) is 3. The van der Waals surface area contributed by atoms with E-state index in [1.807, 2.05) is 41.0 Å². The lowest BCUT2D eigenvalue weighted by Crippen LogP contribution is -2.27. The molecule has 0 unspecified atom stereocenters. The van der Waals surface area contributed by atoms with Crippen molar-refractivity contribution in [1.82, 2.24) is 4.57 Å². The second kappa shape index (κ2) is 8.23. The summed E-state index contributed by atoms with van der Waals surface area (Å²) < 4.78 is 13.3. The molecular weight excluding hydrogens is 338 g/mol.